The fourth-order valence-electron chi connectivity index (χ4n) is 2.18. The summed E-state index contributed by atoms with van der Waals surface area (Å²) in [5.74, 6) is 1.10. The highest BCUT2D eigenvalue weighted by Crippen LogP contribution is 2.26. The maximum Gasteiger partial charge on any atom is 0.266 e. The van der Waals surface area contributed by atoms with E-state index < -0.39 is 0 Å². The summed E-state index contributed by atoms with van der Waals surface area (Å²) in [6.45, 7) is 1.97. The summed E-state index contributed by atoms with van der Waals surface area (Å²) in [5, 5.41) is 3.99. The van der Waals surface area contributed by atoms with Crippen molar-refractivity contribution in [2.24, 2.45) is 0 Å². The van der Waals surface area contributed by atoms with Crippen molar-refractivity contribution in [2.75, 3.05) is 29.5 Å². The lowest BCUT2D eigenvalue weighted by molar-refractivity contribution is 0.430. The molecule has 0 bridgehead atoms. The number of benzene rings is 1. The van der Waals surface area contributed by atoms with Crippen LogP contribution in [0.2, 0.25) is 0 Å². The maximum atomic E-state index is 5.75. The highest BCUT2D eigenvalue weighted by atomic mass is 16.5. The van der Waals surface area contributed by atoms with Crippen LogP contribution in [0.3, 0.4) is 0 Å². The molecule has 0 unspecified atom stereocenters. The van der Waals surface area contributed by atoms with Gasteiger partial charge in [-0.2, -0.15) is 4.98 Å². The van der Waals surface area contributed by atoms with Gasteiger partial charge in [-0.25, -0.2) is 0 Å². The molecule has 1 saturated heterocycles. The molecule has 6 heteroatoms. The predicted molar refractivity (Wildman–Crippen MR) is 70.0 cm³/mol. The first kappa shape index (κ1) is 10.9. The lowest BCUT2D eigenvalue weighted by Gasteiger charge is -2.09. The Morgan fingerprint density at radius 3 is 2.39 bits per heavy atom. The Labute approximate surface area is 105 Å². The van der Waals surface area contributed by atoms with Gasteiger partial charge in [0, 0.05) is 30.0 Å². The minimum Gasteiger partial charge on any atom is -0.399 e. The van der Waals surface area contributed by atoms with Crippen molar-refractivity contribution in [1.82, 2.24) is 10.1 Å². The molecule has 1 aromatic carbocycles. The molecule has 94 valence electrons. The third-order valence-corrected chi connectivity index (χ3v) is 3.03. The van der Waals surface area contributed by atoms with E-state index in [4.69, 9.17) is 16.0 Å². The molecule has 1 aliphatic heterocycles. The van der Waals surface area contributed by atoms with Gasteiger partial charge < -0.3 is 20.9 Å². The van der Waals surface area contributed by atoms with Crippen molar-refractivity contribution in [3.8, 4) is 11.5 Å². The topological polar surface area (TPSA) is 94.2 Å². The number of hydrogen-bond acceptors (Lipinski definition) is 6. The van der Waals surface area contributed by atoms with Crippen LogP contribution in [-0.4, -0.2) is 23.2 Å². The second kappa shape index (κ2) is 4.21. The molecule has 6 nitrogen and oxygen atoms in total. The lowest BCUT2D eigenvalue weighted by Crippen LogP contribution is -2.18. The average Bonchev–Trinajstić information content (AvgIpc) is 2.99. The zero-order valence-corrected chi connectivity index (χ0v) is 9.97. The zero-order chi connectivity index (χ0) is 12.5. The molecule has 18 heavy (non-hydrogen) atoms. The summed E-state index contributed by atoms with van der Waals surface area (Å²) in [6, 6.07) is 5.25. The Balaban J connectivity index is 1.92. The van der Waals surface area contributed by atoms with Crippen LogP contribution in [-0.2, 0) is 0 Å². The summed E-state index contributed by atoms with van der Waals surface area (Å²) in [4.78, 5) is 6.50. The third kappa shape index (κ3) is 1.97. The highest BCUT2D eigenvalue weighted by Gasteiger charge is 2.18. The van der Waals surface area contributed by atoms with Gasteiger partial charge in [0.1, 0.15) is 0 Å². The molecule has 2 heterocycles. The van der Waals surface area contributed by atoms with Gasteiger partial charge in [-0.3, -0.25) is 0 Å². The van der Waals surface area contributed by atoms with E-state index in [1.807, 2.05) is 0 Å². The Hall–Kier alpha value is -2.24. The summed E-state index contributed by atoms with van der Waals surface area (Å²) < 4.78 is 5.26. The van der Waals surface area contributed by atoms with Crippen molar-refractivity contribution in [2.45, 2.75) is 12.8 Å². The largest absolute Gasteiger partial charge is 0.399 e. The number of nitrogen functional groups attached to an aromatic ring is 2. The van der Waals surface area contributed by atoms with Crippen molar-refractivity contribution in [3.05, 3.63) is 18.2 Å². The van der Waals surface area contributed by atoms with Crippen LogP contribution in [0.5, 0.6) is 0 Å². The first-order valence-electron chi connectivity index (χ1n) is 5.97. The molecule has 2 aromatic rings. The van der Waals surface area contributed by atoms with E-state index in [-0.39, 0.29) is 0 Å². The molecule has 0 radical (unpaired) electrons. The minimum absolute atomic E-state index is 0.455. The van der Waals surface area contributed by atoms with E-state index >= 15 is 0 Å². The van der Waals surface area contributed by atoms with Crippen LogP contribution in [0.15, 0.2) is 22.7 Å². The minimum atomic E-state index is 0.455. The van der Waals surface area contributed by atoms with Gasteiger partial charge in [-0.1, -0.05) is 0 Å². The quantitative estimate of drug-likeness (QED) is 0.779. The van der Waals surface area contributed by atoms with Crippen molar-refractivity contribution >= 4 is 17.3 Å². The SMILES string of the molecule is Nc1cc(N)cc(-c2nc(N3CCCC3)no2)c1. The second-order valence-corrected chi connectivity index (χ2v) is 4.48. The molecular formula is C12H15N5O. The molecular weight excluding hydrogens is 230 g/mol. The van der Waals surface area contributed by atoms with E-state index in [0.717, 1.165) is 18.7 Å². The van der Waals surface area contributed by atoms with Crippen molar-refractivity contribution < 1.29 is 4.52 Å². The number of aromatic nitrogens is 2. The molecule has 1 fully saturated rings. The fraction of sp³-hybridized carbons (Fsp3) is 0.333. The van der Waals surface area contributed by atoms with Gasteiger partial charge >= 0.3 is 0 Å². The van der Waals surface area contributed by atoms with Gasteiger partial charge in [-0.05, 0) is 36.2 Å². The van der Waals surface area contributed by atoms with Crippen LogP contribution in [0.25, 0.3) is 11.5 Å². The maximum absolute atomic E-state index is 5.75. The van der Waals surface area contributed by atoms with E-state index in [0.29, 0.717) is 23.2 Å². The average molecular weight is 245 g/mol. The van der Waals surface area contributed by atoms with Crippen LogP contribution in [0, 0.1) is 0 Å². The van der Waals surface area contributed by atoms with E-state index in [1.54, 1.807) is 18.2 Å². The van der Waals surface area contributed by atoms with Crippen LogP contribution >= 0.6 is 0 Å². The standard InChI is InChI=1S/C12H15N5O/c13-9-5-8(6-10(14)7-9)11-15-12(16-18-11)17-3-1-2-4-17/h5-7H,1-4,13-14H2. The highest BCUT2D eigenvalue weighted by molar-refractivity contribution is 5.67. The Kier molecular flexibility index (Phi) is 2.55. The Morgan fingerprint density at radius 2 is 1.72 bits per heavy atom. The van der Waals surface area contributed by atoms with Gasteiger partial charge in [0.2, 0.25) is 0 Å². The molecule has 3 rings (SSSR count). The lowest BCUT2D eigenvalue weighted by atomic mass is 10.2. The molecule has 0 spiro atoms. The Morgan fingerprint density at radius 1 is 1.06 bits per heavy atom. The number of nitrogens with two attached hydrogens (primary N) is 2. The molecule has 0 aliphatic carbocycles. The number of anilines is 3. The van der Waals surface area contributed by atoms with Crippen LogP contribution in [0.1, 0.15) is 12.8 Å². The first-order valence-corrected chi connectivity index (χ1v) is 5.97. The smallest absolute Gasteiger partial charge is 0.266 e. The van der Waals surface area contributed by atoms with E-state index in [9.17, 15) is 0 Å². The monoisotopic (exact) mass is 245 g/mol. The number of nitrogens with zero attached hydrogens (tertiary/aromatic N) is 3. The number of rotatable bonds is 2. The Bertz CT molecular complexity index is 539. The summed E-state index contributed by atoms with van der Waals surface area (Å²) in [7, 11) is 0. The number of hydrogen-bond donors (Lipinski definition) is 2. The van der Waals surface area contributed by atoms with Gasteiger partial charge in [0.05, 0.1) is 0 Å². The predicted octanol–water partition coefficient (Wildman–Crippen LogP) is 1.50. The first-order chi connectivity index (χ1) is 8.72. The van der Waals surface area contributed by atoms with Gasteiger partial charge in [0.15, 0.2) is 0 Å². The van der Waals surface area contributed by atoms with Crippen LogP contribution in [0.4, 0.5) is 17.3 Å². The molecule has 0 amide bonds. The van der Waals surface area contributed by atoms with Crippen molar-refractivity contribution in [3.63, 3.8) is 0 Å². The second-order valence-electron chi connectivity index (χ2n) is 4.48. The third-order valence-electron chi connectivity index (χ3n) is 3.03. The zero-order valence-electron chi connectivity index (χ0n) is 9.97. The molecule has 0 atom stereocenters. The molecule has 1 aromatic heterocycles. The van der Waals surface area contributed by atoms with Crippen molar-refractivity contribution in [1.29, 1.82) is 0 Å². The summed E-state index contributed by atoms with van der Waals surface area (Å²) in [6.07, 6.45) is 2.35. The fourth-order valence-corrected chi connectivity index (χ4v) is 2.18. The summed E-state index contributed by atoms with van der Waals surface area (Å²) >= 11 is 0. The molecule has 4 N–H and O–H groups in total. The van der Waals surface area contributed by atoms with Gasteiger partial charge in [-0.15, -0.1) is 0 Å². The van der Waals surface area contributed by atoms with E-state index in [2.05, 4.69) is 15.0 Å². The summed E-state index contributed by atoms with van der Waals surface area (Å²) in [5.41, 5.74) is 13.4. The van der Waals surface area contributed by atoms with E-state index in [1.165, 1.54) is 12.8 Å². The molecule has 1 aliphatic rings. The normalized spacial score (nSPS) is 15.2. The van der Waals surface area contributed by atoms with Crippen LogP contribution < -0.4 is 16.4 Å². The molecule has 0 saturated carbocycles. The van der Waals surface area contributed by atoms with Gasteiger partial charge in [0.25, 0.3) is 11.8 Å².